The van der Waals surface area contributed by atoms with E-state index in [-0.39, 0.29) is 0 Å². The summed E-state index contributed by atoms with van der Waals surface area (Å²) in [6, 6.07) is 6.37. The van der Waals surface area contributed by atoms with Crippen LogP contribution in [0, 0.1) is 0 Å². The molecule has 1 unspecified atom stereocenters. The molecule has 0 amide bonds. The third-order valence-corrected chi connectivity index (χ3v) is 4.00. The zero-order chi connectivity index (χ0) is 15.7. The molecule has 0 heterocycles. The second kappa shape index (κ2) is 9.64. The standard InChI is InChI=1S/C17H31N3O/c1-5-20(6-2)11-7-8-14(3)19-13-15-9-10-16(21-4)12-17(15)18/h9-10,12,14,19H,5-8,11,13,18H2,1-4H3. The van der Waals surface area contributed by atoms with Crippen molar-refractivity contribution in [3.05, 3.63) is 23.8 Å². The largest absolute Gasteiger partial charge is 0.497 e. The Hall–Kier alpha value is -1.26. The van der Waals surface area contributed by atoms with Gasteiger partial charge in [-0.15, -0.1) is 0 Å². The molecule has 1 rings (SSSR count). The summed E-state index contributed by atoms with van der Waals surface area (Å²) in [4.78, 5) is 2.47. The summed E-state index contributed by atoms with van der Waals surface area (Å²) >= 11 is 0. The lowest BCUT2D eigenvalue weighted by molar-refractivity contribution is 0.290. The van der Waals surface area contributed by atoms with Gasteiger partial charge < -0.3 is 20.7 Å². The number of nitrogen functional groups attached to an aromatic ring is 1. The molecule has 0 bridgehead atoms. The van der Waals surface area contributed by atoms with Crippen molar-refractivity contribution in [2.45, 2.75) is 46.2 Å². The Labute approximate surface area is 129 Å². The summed E-state index contributed by atoms with van der Waals surface area (Å²) in [7, 11) is 1.66. The number of methoxy groups -OCH3 is 1. The Balaban J connectivity index is 2.31. The Kier molecular flexibility index (Phi) is 8.16. The van der Waals surface area contributed by atoms with E-state index >= 15 is 0 Å². The molecule has 4 heteroatoms. The Morgan fingerprint density at radius 1 is 1.29 bits per heavy atom. The van der Waals surface area contributed by atoms with Gasteiger partial charge in [-0.05, 0) is 51.0 Å². The van der Waals surface area contributed by atoms with Gasteiger partial charge in [0.2, 0.25) is 0 Å². The number of nitrogens with two attached hydrogens (primary N) is 1. The number of anilines is 1. The highest BCUT2D eigenvalue weighted by atomic mass is 16.5. The lowest BCUT2D eigenvalue weighted by Crippen LogP contribution is -2.29. The van der Waals surface area contributed by atoms with Crippen molar-refractivity contribution >= 4 is 5.69 Å². The van der Waals surface area contributed by atoms with Gasteiger partial charge in [-0.1, -0.05) is 19.9 Å². The number of rotatable bonds is 10. The van der Waals surface area contributed by atoms with Gasteiger partial charge in [-0.3, -0.25) is 0 Å². The van der Waals surface area contributed by atoms with Crippen LogP contribution in [0.25, 0.3) is 0 Å². The van der Waals surface area contributed by atoms with Gasteiger partial charge in [0, 0.05) is 24.3 Å². The maximum atomic E-state index is 6.03. The normalized spacial score (nSPS) is 12.6. The van der Waals surface area contributed by atoms with Crippen LogP contribution in [0.2, 0.25) is 0 Å². The van der Waals surface area contributed by atoms with E-state index in [4.69, 9.17) is 10.5 Å². The molecule has 3 N–H and O–H groups in total. The Bertz CT molecular complexity index is 405. The topological polar surface area (TPSA) is 50.5 Å². The highest BCUT2D eigenvalue weighted by Crippen LogP contribution is 2.19. The molecule has 0 spiro atoms. The maximum absolute atomic E-state index is 6.03. The first-order valence-electron chi connectivity index (χ1n) is 7.98. The molecule has 0 aliphatic rings. The van der Waals surface area contributed by atoms with Crippen molar-refractivity contribution in [2.75, 3.05) is 32.5 Å². The van der Waals surface area contributed by atoms with Crippen molar-refractivity contribution in [2.24, 2.45) is 0 Å². The number of ether oxygens (including phenoxy) is 1. The molecule has 0 fully saturated rings. The van der Waals surface area contributed by atoms with Gasteiger partial charge >= 0.3 is 0 Å². The first-order chi connectivity index (χ1) is 10.1. The van der Waals surface area contributed by atoms with Crippen LogP contribution in [0.15, 0.2) is 18.2 Å². The van der Waals surface area contributed by atoms with Crippen LogP contribution in [0.1, 0.15) is 39.2 Å². The third kappa shape index (κ3) is 6.36. The number of nitrogens with zero attached hydrogens (tertiary/aromatic N) is 1. The van der Waals surface area contributed by atoms with E-state index in [0.717, 1.165) is 36.6 Å². The van der Waals surface area contributed by atoms with Gasteiger partial charge in [-0.25, -0.2) is 0 Å². The molecular formula is C17H31N3O. The summed E-state index contributed by atoms with van der Waals surface area (Å²) in [5, 5.41) is 3.55. The van der Waals surface area contributed by atoms with Crippen molar-refractivity contribution in [3.63, 3.8) is 0 Å². The lowest BCUT2D eigenvalue weighted by Gasteiger charge is -2.20. The number of hydrogen-bond donors (Lipinski definition) is 2. The van der Waals surface area contributed by atoms with Gasteiger partial charge in [0.25, 0.3) is 0 Å². The molecule has 1 aromatic carbocycles. The number of nitrogens with one attached hydrogen (secondary N) is 1. The molecule has 0 radical (unpaired) electrons. The van der Waals surface area contributed by atoms with Crippen LogP contribution in [-0.2, 0) is 6.54 Å². The molecule has 1 aromatic rings. The monoisotopic (exact) mass is 293 g/mol. The molecular weight excluding hydrogens is 262 g/mol. The number of hydrogen-bond acceptors (Lipinski definition) is 4. The summed E-state index contributed by atoms with van der Waals surface area (Å²) < 4.78 is 5.17. The fourth-order valence-electron chi connectivity index (χ4n) is 2.41. The highest BCUT2D eigenvalue weighted by Gasteiger charge is 2.06. The fourth-order valence-corrected chi connectivity index (χ4v) is 2.41. The van der Waals surface area contributed by atoms with Crippen LogP contribution in [0.4, 0.5) is 5.69 Å². The fraction of sp³-hybridized carbons (Fsp3) is 0.647. The van der Waals surface area contributed by atoms with Crippen LogP contribution in [-0.4, -0.2) is 37.7 Å². The predicted octanol–water partition coefficient (Wildman–Crippen LogP) is 2.88. The summed E-state index contributed by atoms with van der Waals surface area (Å²) in [5.41, 5.74) is 7.95. The second-order valence-electron chi connectivity index (χ2n) is 5.52. The lowest BCUT2D eigenvalue weighted by atomic mass is 10.1. The first-order valence-corrected chi connectivity index (χ1v) is 7.98. The van der Waals surface area contributed by atoms with Crippen molar-refractivity contribution in [1.82, 2.24) is 10.2 Å². The van der Waals surface area contributed by atoms with Crippen LogP contribution in [0.5, 0.6) is 5.75 Å². The summed E-state index contributed by atoms with van der Waals surface area (Å²) in [6.07, 6.45) is 2.42. The van der Waals surface area contributed by atoms with Gasteiger partial charge in [0.15, 0.2) is 0 Å². The van der Waals surface area contributed by atoms with Crippen LogP contribution >= 0.6 is 0 Å². The van der Waals surface area contributed by atoms with E-state index in [1.54, 1.807) is 7.11 Å². The predicted molar refractivity (Wildman–Crippen MR) is 90.7 cm³/mol. The molecule has 4 nitrogen and oxygen atoms in total. The van der Waals surface area contributed by atoms with Crippen molar-refractivity contribution in [3.8, 4) is 5.75 Å². The molecule has 0 saturated heterocycles. The molecule has 0 aromatic heterocycles. The molecule has 0 aliphatic carbocycles. The highest BCUT2D eigenvalue weighted by molar-refractivity contribution is 5.51. The molecule has 1 atom stereocenters. The van der Waals surface area contributed by atoms with E-state index in [1.807, 2.05) is 18.2 Å². The molecule has 0 saturated carbocycles. The Morgan fingerprint density at radius 3 is 2.57 bits per heavy atom. The van der Waals surface area contributed by atoms with Gasteiger partial charge in [0.1, 0.15) is 5.75 Å². The van der Waals surface area contributed by atoms with Gasteiger partial charge in [-0.2, -0.15) is 0 Å². The third-order valence-electron chi connectivity index (χ3n) is 4.00. The number of benzene rings is 1. The minimum atomic E-state index is 0.502. The summed E-state index contributed by atoms with van der Waals surface area (Å²) in [5.74, 6) is 0.809. The zero-order valence-corrected chi connectivity index (χ0v) is 14.0. The van der Waals surface area contributed by atoms with Crippen molar-refractivity contribution < 1.29 is 4.74 Å². The average molecular weight is 293 g/mol. The van der Waals surface area contributed by atoms with Crippen molar-refractivity contribution in [1.29, 1.82) is 0 Å². The smallest absolute Gasteiger partial charge is 0.120 e. The second-order valence-corrected chi connectivity index (χ2v) is 5.52. The van der Waals surface area contributed by atoms with Crippen LogP contribution < -0.4 is 15.8 Å². The van der Waals surface area contributed by atoms with E-state index < -0.39 is 0 Å². The van der Waals surface area contributed by atoms with Crippen LogP contribution in [0.3, 0.4) is 0 Å². The molecule has 21 heavy (non-hydrogen) atoms. The zero-order valence-electron chi connectivity index (χ0n) is 14.0. The van der Waals surface area contributed by atoms with E-state index in [0.29, 0.717) is 6.04 Å². The molecule has 120 valence electrons. The quantitative estimate of drug-likeness (QED) is 0.651. The Morgan fingerprint density at radius 2 is 2.00 bits per heavy atom. The SMILES string of the molecule is CCN(CC)CCCC(C)NCc1ccc(OC)cc1N. The summed E-state index contributed by atoms with van der Waals surface area (Å²) in [6.45, 7) is 10.9. The first kappa shape index (κ1) is 17.8. The minimum absolute atomic E-state index is 0.502. The van der Waals surface area contributed by atoms with E-state index in [9.17, 15) is 0 Å². The maximum Gasteiger partial charge on any atom is 0.120 e. The van der Waals surface area contributed by atoms with E-state index in [2.05, 4.69) is 31.0 Å². The molecule has 0 aliphatic heterocycles. The van der Waals surface area contributed by atoms with Gasteiger partial charge in [0.05, 0.1) is 7.11 Å². The average Bonchev–Trinajstić information content (AvgIpc) is 2.50. The minimum Gasteiger partial charge on any atom is -0.497 e. The van der Waals surface area contributed by atoms with E-state index in [1.165, 1.54) is 19.4 Å².